The first-order valence-corrected chi connectivity index (χ1v) is 8.59. The zero-order valence-corrected chi connectivity index (χ0v) is 13.5. The monoisotopic (exact) mass is 303 g/mol. The lowest BCUT2D eigenvalue weighted by atomic mass is 9.85. The fourth-order valence-corrected chi connectivity index (χ4v) is 3.45. The molecule has 0 spiro atoms. The Morgan fingerprint density at radius 2 is 1.64 bits per heavy atom. The van der Waals surface area contributed by atoms with Gasteiger partial charge in [0, 0.05) is 44.8 Å². The minimum Gasteiger partial charge on any atom is -0.379 e. The quantitative estimate of drug-likeness (QED) is 0.899. The second-order valence-corrected chi connectivity index (χ2v) is 6.83. The Balaban J connectivity index is 1.41. The van der Waals surface area contributed by atoms with E-state index in [1.54, 1.807) is 0 Å². The van der Waals surface area contributed by atoms with Crippen LogP contribution in [0.15, 0.2) is 30.3 Å². The minimum absolute atomic E-state index is 0.0332. The third-order valence-electron chi connectivity index (χ3n) is 5.13. The van der Waals surface area contributed by atoms with Crippen molar-refractivity contribution in [1.29, 1.82) is 0 Å². The standard InChI is InChI=1S/C18H29N3O/c19-18(6-9-20-12-14-22-15-13-20)7-10-21(11-8-18)16-17-4-2-1-3-5-17/h1-5H,6-16,19H2. The summed E-state index contributed by atoms with van der Waals surface area (Å²) >= 11 is 0. The summed E-state index contributed by atoms with van der Waals surface area (Å²) in [6, 6.07) is 10.7. The Morgan fingerprint density at radius 3 is 2.32 bits per heavy atom. The number of benzene rings is 1. The van der Waals surface area contributed by atoms with Crippen molar-refractivity contribution in [3.63, 3.8) is 0 Å². The fraction of sp³-hybridized carbons (Fsp3) is 0.667. The molecule has 2 N–H and O–H groups in total. The van der Waals surface area contributed by atoms with Crippen molar-refractivity contribution >= 4 is 0 Å². The summed E-state index contributed by atoms with van der Waals surface area (Å²) in [6.45, 7) is 8.30. The van der Waals surface area contributed by atoms with Crippen LogP contribution in [0.5, 0.6) is 0 Å². The Morgan fingerprint density at radius 1 is 0.955 bits per heavy atom. The number of ether oxygens (including phenoxy) is 1. The van der Waals surface area contributed by atoms with Gasteiger partial charge in [-0.15, -0.1) is 0 Å². The largest absolute Gasteiger partial charge is 0.379 e. The van der Waals surface area contributed by atoms with E-state index in [4.69, 9.17) is 10.5 Å². The number of hydrogen-bond acceptors (Lipinski definition) is 4. The van der Waals surface area contributed by atoms with Gasteiger partial charge in [-0.3, -0.25) is 9.80 Å². The SMILES string of the molecule is NC1(CCN2CCOCC2)CCN(Cc2ccccc2)CC1. The number of hydrogen-bond donors (Lipinski definition) is 1. The zero-order chi connectivity index (χ0) is 15.3. The number of rotatable bonds is 5. The third-order valence-corrected chi connectivity index (χ3v) is 5.13. The number of nitrogens with two attached hydrogens (primary N) is 1. The summed E-state index contributed by atoms with van der Waals surface area (Å²) in [7, 11) is 0. The summed E-state index contributed by atoms with van der Waals surface area (Å²) in [5.41, 5.74) is 8.08. The predicted molar refractivity (Wildman–Crippen MR) is 89.7 cm³/mol. The first-order valence-electron chi connectivity index (χ1n) is 8.59. The normalized spacial score (nSPS) is 23.5. The predicted octanol–water partition coefficient (Wildman–Crippen LogP) is 1.70. The van der Waals surface area contributed by atoms with Crippen LogP contribution in [0.3, 0.4) is 0 Å². The van der Waals surface area contributed by atoms with Gasteiger partial charge in [-0.05, 0) is 24.8 Å². The van der Waals surface area contributed by atoms with E-state index in [-0.39, 0.29) is 5.54 Å². The van der Waals surface area contributed by atoms with Crippen molar-refractivity contribution in [1.82, 2.24) is 9.80 Å². The molecule has 3 rings (SSSR count). The Hall–Kier alpha value is -0.940. The summed E-state index contributed by atoms with van der Waals surface area (Å²) in [5.74, 6) is 0. The van der Waals surface area contributed by atoms with Crippen molar-refractivity contribution in [3.8, 4) is 0 Å². The third kappa shape index (κ3) is 4.53. The van der Waals surface area contributed by atoms with E-state index in [1.165, 1.54) is 5.56 Å². The second-order valence-electron chi connectivity index (χ2n) is 6.83. The van der Waals surface area contributed by atoms with Crippen LogP contribution >= 0.6 is 0 Å². The van der Waals surface area contributed by atoms with E-state index in [2.05, 4.69) is 40.1 Å². The van der Waals surface area contributed by atoms with Gasteiger partial charge in [0.25, 0.3) is 0 Å². The van der Waals surface area contributed by atoms with E-state index in [0.29, 0.717) is 0 Å². The van der Waals surface area contributed by atoms with Crippen LogP contribution in [0.1, 0.15) is 24.8 Å². The summed E-state index contributed by atoms with van der Waals surface area (Å²) in [5, 5.41) is 0. The molecule has 2 aliphatic heterocycles. The molecule has 2 saturated heterocycles. The lowest BCUT2D eigenvalue weighted by Gasteiger charge is -2.40. The van der Waals surface area contributed by atoms with Gasteiger partial charge in [0.05, 0.1) is 13.2 Å². The van der Waals surface area contributed by atoms with Gasteiger partial charge >= 0.3 is 0 Å². The molecule has 2 heterocycles. The molecule has 1 aromatic carbocycles. The molecule has 4 heteroatoms. The van der Waals surface area contributed by atoms with Crippen LogP contribution in [0.4, 0.5) is 0 Å². The first-order chi connectivity index (χ1) is 10.7. The van der Waals surface area contributed by atoms with Gasteiger partial charge in [0.15, 0.2) is 0 Å². The highest BCUT2D eigenvalue weighted by Crippen LogP contribution is 2.24. The molecular formula is C18H29N3O. The van der Waals surface area contributed by atoms with Crippen LogP contribution in [0.25, 0.3) is 0 Å². The molecule has 0 bridgehead atoms. The maximum absolute atomic E-state index is 6.65. The highest BCUT2D eigenvalue weighted by molar-refractivity contribution is 5.14. The molecule has 2 fully saturated rings. The molecule has 2 aliphatic rings. The summed E-state index contributed by atoms with van der Waals surface area (Å²) in [6.07, 6.45) is 3.35. The average Bonchev–Trinajstić information content (AvgIpc) is 2.58. The van der Waals surface area contributed by atoms with E-state index in [9.17, 15) is 0 Å². The number of nitrogens with zero attached hydrogens (tertiary/aromatic N) is 2. The highest BCUT2D eigenvalue weighted by atomic mass is 16.5. The van der Waals surface area contributed by atoms with Crippen molar-refractivity contribution in [2.75, 3.05) is 45.9 Å². The Bertz CT molecular complexity index is 437. The van der Waals surface area contributed by atoms with Crippen molar-refractivity contribution in [3.05, 3.63) is 35.9 Å². The number of morpholine rings is 1. The van der Waals surface area contributed by atoms with E-state index in [1.807, 2.05) is 0 Å². The molecule has 1 aromatic rings. The van der Waals surface area contributed by atoms with E-state index in [0.717, 1.165) is 71.7 Å². The van der Waals surface area contributed by atoms with Crippen LogP contribution in [-0.4, -0.2) is 61.3 Å². The van der Waals surface area contributed by atoms with Crippen molar-refractivity contribution < 1.29 is 4.74 Å². The average molecular weight is 303 g/mol. The highest BCUT2D eigenvalue weighted by Gasteiger charge is 2.31. The van der Waals surface area contributed by atoms with Crippen LogP contribution < -0.4 is 5.73 Å². The molecule has 4 nitrogen and oxygen atoms in total. The molecule has 0 radical (unpaired) electrons. The van der Waals surface area contributed by atoms with Crippen molar-refractivity contribution in [2.24, 2.45) is 5.73 Å². The smallest absolute Gasteiger partial charge is 0.0594 e. The van der Waals surface area contributed by atoms with Gasteiger partial charge in [0.2, 0.25) is 0 Å². The molecule has 0 unspecified atom stereocenters. The van der Waals surface area contributed by atoms with Gasteiger partial charge in [-0.1, -0.05) is 30.3 Å². The van der Waals surface area contributed by atoms with Gasteiger partial charge in [0.1, 0.15) is 0 Å². The van der Waals surface area contributed by atoms with Crippen molar-refractivity contribution in [2.45, 2.75) is 31.3 Å². The van der Waals surface area contributed by atoms with Crippen LogP contribution in [0, 0.1) is 0 Å². The molecule has 0 saturated carbocycles. The molecule has 0 amide bonds. The molecule has 22 heavy (non-hydrogen) atoms. The Kier molecular flexibility index (Phi) is 5.47. The minimum atomic E-state index is 0.0332. The van der Waals surface area contributed by atoms with Gasteiger partial charge in [-0.2, -0.15) is 0 Å². The molecule has 0 aliphatic carbocycles. The molecule has 0 aromatic heterocycles. The van der Waals surface area contributed by atoms with Crippen LogP contribution in [0.2, 0.25) is 0 Å². The van der Waals surface area contributed by atoms with E-state index < -0.39 is 0 Å². The maximum atomic E-state index is 6.65. The molecule has 0 atom stereocenters. The second kappa shape index (κ2) is 7.55. The topological polar surface area (TPSA) is 41.7 Å². The maximum Gasteiger partial charge on any atom is 0.0594 e. The number of piperidine rings is 1. The van der Waals surface area contributed by atoms with E-state index >= 15 is 0 Å². The summed E-state index contributed by atoms with van der Waals surface area (Å²) in [4.78, 5) is 5.03. The fourth-order valence-electron chi connectivity index (χ4n) is 3.45. The lowest BCUT2D eigenvalue weighted by Crippen LogP contribution is -2.52. The lowest BCUT2D eigenvalue weighted by molar-refractivity contribution is 0.0316. The summed E-state index contributed by atoms with van der Waals surface area (Å²) < 4.78 is 5.41. The first kappa shape index (κ1) is 15.9. The van der Waals surface area contributed by atoms with Gasteiger partial charge in [-0.25, -0.2) is 0 Å². The number of likely N-dealkylation sites (tertiary alicyclic amines) is 1. The zero-order valence-electron chi connectivity index (χ0n) is 13.5. The van der Waals surface area contributed by atoms with Crippen LogP contribution in [-0.2, 0) is 11.3 Å². The van der Waals surface area contributed by atoms with Gasteiger partial charge < -0.3 is 10.5 Å². The molecular weight excluding hydrogens is 274 g/mol. The Labute approximate surface area is 134 Å². The molecule has 122 valence electrons.